The predicted molar refractivity (Wildman–Crippen MR) is 110 cm³/mol. The predicted octanol–water partition coefficient (Wildman–Crippen LogP) is 5.95. The summed E-state index contributed by atoms with van der Waals surface area (Å²) in [5.74, 6) is 1.13. The summed E-state index contributed by atoms with van der Waals surface area (Å²) in [7, 11) is 1.63. The fourth-order valence-electron chi connectivity index (χ4n) is 3.32. The average Bonchev–Trinajstić information content (AvgIpc) is 3.14. The second-order valence-electron chi connectivity index (χ2n) is 6.31. The number of methoxy groups -OCH3 is 1. The Morgan fingerprint density at radius 1 is 0.893 bits per heavy atom. The van der Waals surface area contributed by atoms with E-state index in [0.29, 0.717) is 23.5 Å². The molecule has 0 saturated heterocycles. The van der Waals surface area contributed by atoms with E-state index in [-0.39, 0.29) is 5.97 Å². The minimum atomic E-state index is -0.323. The van der Waals surface area contributed by atoms with Gasteiger partial charge in [-0.15, -0.1) is 0 Å². The normalized spacial score (nSPS) is 10.8. The van der Waals surface area contributed by atoms with Gasteiger partial charge in [-0.25, -0.2) is 4.79 Å². The fourth-order valence-corrected chi connectivity index (χ4v) is 3.32. The van der Waals surface area contributed by atoms with Gasteiger partial charge >= 0.3 is 5.97 Å². The minimum absolute atomic E-state index is 0.323. The van der Waals surface area contributed by atoms with Crippen LogP contribution < -0.4 is 4.74 Å². The first kappa shape index (κ1) is 17.9. The molecule has 0 aliphatic heterocycles. The summed E-state index contributed by atoms with van der Waals surface area (Å²) in [6.45, 7) is 2.15. The zero-order chi connectivity index (χ0) is 19.5. The molecule has 0 amide bonds. The Labute approximate surface area is 163 Å². The topological polar surface area (TPSA) is 48.7 Å². The van der Waals surface area contributed by atoms with Gasteiger partial charge in [0, 0.05) is 16.5 Å². The molecule has 0 saturated carbocycles. The molecule has 0 unspecified atom stereocenters. The van der Waals surface area contributed by atoms with Gasteiger partial charge in [-0.2, -0.15) is 0 Å². The third-order valence-electron chi connectivity index (χ3n) is 4.62. The van der Waals surface area contributed by atoms with Crippen molar-refractivity contribution in [2.45, 2.75) is 6.92 Å². The van der Waals surface area contributed by atoms with Crippen LogP contribution in [0.4, 0.5) is 0 Å². The molecule has 0 bridgehead atoms. The number of benzene rings is 3. The minimum Gasteiger partial charge on any atom is -0.493 e. The van der Waals surface area contributed by atoms with Gasteiger partial charge in [0.2, 0.25) is 0 Å². The molecule has 4 aromatic rings. The summed E-state index contributed by atoms with van der Waals surface area (Å²) >= 11 is 0. The zero-order valence-corrected chi connectivity index (χ0v) is 15.8. The first-order chi connectivity index (χ1) is 13.7. The second kappa shape index (κ2) is 7.61. The lowest BCUT2D eigenvalue weighted by molar-refractivity contribution is 0.0526. The number of para-hydroxylation sites is 1. The summed E-state index contributed by atoms with van der Waals surface area (Å²) in [4.78, 5) is 12.0. The Morgan fingerprint density at radius 3 is 2.32 bits per heavy atom. The monoisotopic (exact) mass is 372 g/mol. The average molecular weight is 372 g/mol. The van der Waals surface area contributed by atoms with Crippen LogP contribution in [0.2, 0.25) is 0 Å². The van der Waals surface area contributed by atoms with Crippen LogP contribution >= 0.6 is 0 Å². The van der Waals surface area contributed by atoms with Crippen LogP contribution in [0, 0.1) is 0 Å². The molecule has 1 heterocycles. The van der Waals surface area contributed by atoms with Crippen molar-refractivity contribution in [3.8, 4) is 28.2 Å². The Balaban J connectivity index is 1.91. The molecule has 0 radical (unpaired) electrons. The number of esters is 1. The lowest BCUT2D eigenvalue weighted by atomic mass is 9.97. The van der Waals surface area contributed by atoms with Crippen LogP contribution in [0.15, 0.2) is 77.2 Å². The molecular formula is C24H20O4. The van der Waals surface area contributed by atoms with Gasteiger partial charge in [-0.3, -0.25) is 0 Å². The molecule has 0 aliphatic rings. The van der Waals surface area contributed by atoms with Crippen LogP contribution in [0.25, 0.3) is 33.4 Å². The summed E-state index contributed by atoms with van der Waals surface area (Å²) in [6.07, 6.45) is 0. The first-order valence-electron chi connectivity index (χ1n) is 9.15. The molecule has 0 N–H and O–H groups in total. The molecule has 0 spiro atoms. The third-order valence-corrected chi connectivity index (χ3v) is 4.62. The van der Waals surface area contributed by atoms with Crippen molar-refractivity contribution >= 4 is 16.9 Å². The van der Waals surface area contributed by atoms with Gasteiger partial charge in [-0.1, -0.05) is 54.6 Å². The number of hydrogen-bond donors (Lipinski definition) is 0. The number of fused-ring (bicyclic) bond motifs is 1. The van der Waals surface area contributed by atoms with Gasteiger partial charge in [0.1, 0.15) is 5.76 Å². The molecular weight excluding hydrogens is 352 g/mol. The molecule has 28 heavy (non-hydrogen) atoms. The largest absolute Gasteiger partial charge is 0.493 e. The van der Waals surface area contributed by atoms with Crippen LogP contribution in [-0.4, -0.2) is 19.7 Å². The van der Waals surface area contributed by atoms with Crippen LogP contribution in [0.5, 0.6) is 5.75 Å². The van der Waals surface area contributed by atoms with E-state index in [0.717, 1.165) is 27.8 Å². The molecule has 0 aliphatic carbocycles. The number of carbonyl (C=O) groups excluding carboxylic acids is 1. The summed E-state index contributed by atoms with van der Waals surface area (Å²) in [5.41, 5.74) is 4.13. The van der Waals surface area contributed by atoms with Crippen LogP contribution in [0.1, 0.15) is 17.3 Å². The Bertz CT molecular complexity index is 1110. The number of furan rings is 1. The molecule has 1 aromatic heterocycles. The summed E-state index contributed by atoms with van der Waals surface area (Å²) < 4.78 is 16.8. The molecule has 4 nitrogen and oxygen atoms in total. The molecule has 4 rings (SSSR count). The van der Waals surface area contributed by atoms with Crippen LogP contribution in [0.3, 0.4) is 0 Å². The third kappa shape index (κ3) is 3.14. The number of hydrogen-bond acceptors (Lipinski definition) is 4. The summed E-state index contributed by atoms with van der Waals surface area (Å²) in [5, 5.41) is 0.960. The van der Waals surface area contributed by atoms with Crippen LogP contribution in [-0.2, 0) is 4.74 Å². The van der Waals surface area contributed by atoms with E-state index >= 15 is 0 Å². The molecule has 3 aromatic carbocycles. The van der Waals surface area contributed by atoms with E-state index < -0.39 is 0 Å². The van der Waals surface area contributed by atoms with Crippen molar-refractivity contribution in [3.05, 3.63) is 78.4 Å². The SMILES string of the molecule is CCOC(=O)c1ccc(-c2c(-c3ccccc3)oc3c(OC)cccc23)cc1. The Kier molecular flexibility index (Phi) is 4.85. The Morgan fingerprint density at radius 2 is 1.64 bits per heavy atom. The molecule has 0 fully saturated rings. The van der Waals surface area contributed by atoms with E-state index in [2.05, 4.69) is 0 Å². The quantitative estimate of drug-likeness (QED) is 0.406. The van der Waals surface area contributed by atoms with E-state index in [1.165, 1.54) is 0 Å². The van der Waals surface area contributed by atoms with Crippen molar-refractivity contribution in [1.29, 1.82) is 0 Å². The van der Waals surface area contributed by atoms with E-state index in [1.807, 2.05) is 60.7 Å². The highest BCUT2D eigenvalue weighted by Crippen LogP contribution is 2.43. The van der Waals surface area contributed by atoms with Crippen molar-refractivity contribution < 1.29 is 18.7 Å². The van der Waals surface area contributed by atoms with Crippen molar-refractivity contribution in [3.63, 3.8) is 0 Å². The van der Waals surface area contributed by atoms with Gasteiger partial charge < -0.3 is 13.9 Å². The number of ether oxygens (including phenoxy) is 2. The lowest BCUT2D eigenvalue weighted by Crippen LogP contribution is -2.04. The van der Waals surface area contributed by atoms with Gasteiger partial charge in [0.05, 0.1) is 19.3 Å². The highest BCUT2D eigenvalue weighted by atomic mass is 16.5. The molecule has 0 atom stereocenters. The fraction of sp³-hybridized carbons (Fsp3) is 0.125. The summed E-state index contributed by atoms with van der Waals surface area (Å²) in [6, 6.07) is 23.2. The van der Waals surface area contributed by atoms with E-state index in [4.69, 9.17) is 13.9 Å². The maximum absolute atomic E-state index is 12.0. The second-order valence-corrected chi connectivity index (χ2v) is 6.31. The first-order valence-corrected chi connectivity index (χ1v) is 9.15. The highest BCUT2D eigenvalue weighted by Gasteiger charge is 2.20. The standard InChI is InChI=1S/C24H20O4/c1-3-27-24(25)18-14-12-16(13-15-18)21-19-10-7-11-20(26-2)23(19)28-22(21)17-8-5-4-6-9-17/h4-15H,3H2,1-2H3. The Hall–Kier alpha value is -3.53. The number of rotatable bonds is 5. The molecule has 140 valence electrons. The maximum Gasteiger partial charge on any atom is 0.338 e. The van der Waals surface area contributed by atoms with Gasteiger partial charge in [-0.05, 0) is 30.7 Å². The van der Waals surface area contributed by atoms with Gasteiger partial charge in [0.25, 0.3) is 0 Å². The van der Waals surface area contributed by atoms with Gasteiger partial charge in [0.15, 0.2) is 11.3 Å². The van der Waals surface area contributed by atoms with E-state index in [9.17, 15) is 4.79 Å². The van der Waals surface area contributed by atoms with Crippen molar-refractivity contribution in [2.24, 2.45) is 0 Å². The lowest BCUT2D eigenvalue weighted by Gasteiger charge is -2.06. The smallest absolute Gasteiger partial charge is 0.338 e. The maximum atomic E-state index is 12.0. The van der Waals surface area contributed by atoms with Crippen molar-refractivity contribution in [2.75, 3.05) is 13.7 Å². The molecule has 4 heteroatoms. The van der Waals surface area contributed by atoms with E-state index in [1.54, 1.807) is 26.2 Å². The zero-order valence-electron chi connectivity index (χ0n) is 15.8. The highest BCUT2D eigenvalue weighted by molar-refractivity contribution is 6.04. The number of carbonyl (C=O) groups is 1. The van der Waals surface area contributed by atoms with Crippen molar-refractivity contribution in [1.82, 2.24) is 0 Å².